The van der Waals surface area contributed by atoms with E-state index < -0.39 is 0 Å². The summed E-state index contributed by atoms with van der Waals surface area (Å²) in [4.78, 5) is 14.3. The molecule has 0 spiro atoms. The first kappa shape index (κ1) is 13.6. The number of hydrogen-bond acceptors (Lipinski definition) is 3. The third-order valence-corrected chi connectivity index (χ3v) is 4.09. The molecule has 0 aliphatic carbocycles. The first-order valence-corrected chi connectivity index (χ1v) is 7.50. The predicted octanol–water partition coefficient (Wildman–Crippen LogP) is 2.84. The van der Waals surface area contributed by atoms with Gasteiger partial charge in [-0.3, -0.25) is 4.79 Å². The van der Waals surface area contributed by atoms with Gasteiger partial charge in [0.25, 0.3) is 0 Å². The molecule has 0 unspecified atom stereocenters. The Morgan fingerprint density at radius 2 is 1.89 bits per heavy atom. The van der Waals surface area contributed by atoms with E-state index in [1.54, 1.807) is 12.1 Å². The monoisotopic (exact) mass is 267 g/mol. The number of rotatable bonds is 5. The highest BCUT2D eigenvalue weighted by Crippen LogP contribution is 2.11. The first-order valence-electron chi connectivity index (χ1n) is 6.34. The minimum Gasteiger partial charge on any atom is -0.302 e. The Morgan fingerprint density at radius 3 is 2.56 bits per heavy atom. The summed E-state index contributed by atoms with van der Waals surface area (Å²) in [6.45, 7) is 3.26. The average molecular weight is 267 g/mol. The molecular weight excluding hydrogens is 249 g/mol. The van der Waals surface area contributed by atoms with Gasteiger partial charge in [0.15, 0.2) is 5.78 Å². The van der Waals surface area contributed by atoms with E-state index in [0.717, 1.165) is 26.1 Å². The van der Waals surface area contributed by atoms with Crippen LogP contribution in [-0.4, -0.2) is 41.8 Å². The Labute approximate surface area is 112 Å². The van der Waals surface area contributed by atoms with Gasteiger partial charge in [-0.05, 0) is 37.2 Å². The normalized spacial score (nSPS) is 16.7. The van der Waals surface area contributed by atoms with Crippen molar-refractivity contribution in [1.29, 1.82) is 0 Å². The molecule has 0 bridgehead atoms. The molecule has 4 heteroatoms. The molecule has 0 aromatic heterocycles. The molecule has 18 heavy (non-hydrogen) atoms. The lowest BCUT2D eigenvalue weighted by atomic mass is 10.1. The Bertz CT molecular complexity index is 387. The number of carbonyl (C=O) groups is 1. The fourth-order valence-electron chi connectivity index (χ4n) is 2.07. The molecule has 1 aromatic rings. The summed E-state index contributed by atoms with van der Waals surface area (Å²) in [6.07, 6.45) is 1.44. The lowest BCUT2D eigenvalue weighted by Crippen LogP contribution is -2.33. The maximum Gasteiger partial charge on any atom is 0.162 e. The van der Waals surface area contributed by atoms with Crippen molar-refractivity contribution in [2.24, 2.45) is 0 Å². The highest BCUT2D eigenvalue weighted by molar-refractivity contribution is 7.99. The van der Waals surface area contributed by atoms with Gasteiger partial charge in [0, 0.05) is 36.6 Å². The van der Waals surface area contributed by atoms with Gasteiger partial charge in [0.1, 0.15) is 5.82 Å². The zero-order valence-corrected chi connectivity index (χ0v) is 11.2. The van der Waals surface area contributed by atoms with E-state index in [1.807, 2.05) is 11.8 Å². The summed E-state index contributed by atoms with van der Waals surface area (Å²) >= 11 is 1.99. The number of benzene rings is 1. The van der Waals surface area contributed by atoms with E-state index in [2.05, 4.69) is 4.90 Å². The molecule has 0 atom stereocenters. The maximum absolute atomic E-state index is 12.7. The second-order valence-corrected chi connectivity index (χ2v) is 5.71. The molecular formula is C14H18FNOS. The van der Waals surface area contributed by atoms with Crippen LogP contribution in [0.5, 0.6) is 0 Å². The minimum atomic E-state index is -0.294. The van der Waals surface area contributed by atoms with Crippen molar-refractivity contribution in [2.75, 3.05) is 31.1 Å². The second kappa shape index (κ2) is 6.90. The number of nitrogens with zero attached hydrogens (tertiary/aromatic N) is 1. The van der Waals surface area contributed by atoms with Gasteiger partial charge >= 0.3 is 0 Å². The number of carbonyl (C=O) groups excluding carboxylic acids is 1. The van der Waals surface area contributed by atoms with Gasteiger partial charge in [-0.25, -0.2) is 4.39 Å². The smallest absolute Gasteiger partial charge is 0.162 e. The van der Waals surface area contributed by atoms with Gasteiger partial charge < -0.3 is 4.90 Å². The zero-order chi connectivity index (χ0) is 12.8. The van der Waals surface area contributed by atoms with E-state index in [1.165, 1.54) is 23.6 Å². The Morgan fingerprint density at radius 1 is 1.22 bits per heavy atom. The van der Waals surface area contributed by atoms with E-state index >= 15 is 0 Å². The van der Waals surface area contributed by atoms with Crippen molar-refractivity contribution >= 4 is 17.5 Å². The molecule has 2 rings (SSSR count). The predicted molar refractivity (Wildman–Crippen MR) is 73.7 cm³/mol. The third-order valence-electron chi connectivity index (χ3n) is 3.15. The van der Waals surface area contributed by atoms with Crippen LogP contribution in [0.25, 0.3) is 0 Å². The van der Waals surface area contributed by atoms with Crippen LogP contribution in [0, 0.1) is 5.82 Å². The quantitative estimate of drug-likeness (QED) is 0.765. The molecule has 98 valence electrons. The minimum absolute atomic E-state index is 0.112. The Hall–Kier alpha value is -0.870. The van der Waals surface area contributed by atoms with Crippen LogP contribution in [0.3, 0.4) is 0 Å². The van der Waals surface area contributed by atoms with Gasteiger partial charge in [-0.2, -0.15) is 11.8 Å². The molecule has 1 aliphatic heterocycles. The molecule has 0 N–H and O–H groups in total. The van der Waals surface area contributed by atoms with Crippen molar-refractivity contribution in [2.45, 2.75) is 12.8 Å². The summed E-state index contributed by atoms with van der Waals surface area (Å²) in [5.74, 6) is 2.22. The summed E-state index contributed by atoms with van der Waals surface area (Å²) in [7, 11) is 0. The lowest BCUT2D eigenvalue weighted by molar-refractivity contribution is 0.0975. The van der Waals surface area contributed by atoms with E-state index in [4.69, 9.17) is 0 Å². The molecule has 1 aromatic carbocycles. The number of thioether (sulfide) groups is 1. The first-order chi connectivity index (χ1) is 8.75. The van der Waals surface area contributed by atoms with Crippen LogP contribution in [0.2, 0.25) is 0 Å². The van der Waals surface area contributed by atoms with Gasteiger partial charge in [-0.1, -0.05) is 0 Å². The van der Waals surface area contributed by atoms with Crippen LogP contribution >= 0.6 is 11.8 Å². The SMILES string of the molecule is O=C(CCCN1CCSCC1)c1ccc(F)cc1. The van der Waals surface area contributed by atoms with Gasteiger partial charge in [0.2, 0.25) is 0 Å². The molecule has 2 nitrogen and oxygen atoms in total. The van der Waals surface area contributed by atoms with Crippen LogP contribution < -0.4 is 0 Å². The molecule has 0 saturated carbocycles. The summed E-state index contributed by atoms with van der Waals surface area (Å²) in [5, 5.41) is 0. The Kier molecular flexibility index (Phi) is 5.20. The van der Waals surface area contributed by atoms with Crippen molar-refractivity contribution < 1.29 is 9.18 Å². The second-order valence-electron chi connectivity index (χ2n) is 4.49. The lowest BCUT2D eigenvalue weighted by Gasteiger charge is -2.25. The van der Waals surface area contributed by atoms with Crippen LogP contribution in [0.1, 0.15) is 23.2 Å². The fraction of sp³-hybridized carbons (Fsp3) is 0.500. The highest BCUT2D eigenvalue weighted by atomic mass is 32.2. The largest absolute Gasteiger partial charge is 0.302 e. The van der Waals surface area contributed by atoms with Crippen molar-refractivity contribution in [3.05, 3.63) is 35.6 Å². The molecule has 1 fully saturated rings. The average Bonchev–Trinajstić information content (AvgIpc) is 2.40. The van der Waals surface area contributed by atoms with Crippen LogP contribution in [0.15, 0.2) is 24.3 Å². The molecule has 1 saturated heterocycles. The third kappa shape index (κ3) is 4.10. The molecule has 1 aliphatic rings. The van der Waals surface area contributed by atoms with Crippen LogP contribution in [0.4, 0.5) is 4.39 Å². The van der Waals surface area contributed by atoms with Gasteiger partial charge in [0.05, 0.1) is 0 Å². The topological polar surface area (TPSA) is 20.3 Å². The van der Waals surface area contributed by atoms with Crippen molar-refractivity contribution in [3.8, 4) is 0 Å². The fourth-order valence-corrected chi connectivity index (χ4v) is 3.05. The number of halogens is 1. The highest BCUT2D eigenvalue weighted by Gasteiger charge is 2.11. The molecule has 0 radical (unpaired) electrons. The Balaban J connectivity index is 1.72. The van der Waals surface area contributed by atoms with E-state index in [0.29, 0.717) is 12.0 Å². The van der Waals surface area contributed by atoms with Crippen molar-refractivity contribution in [3.63, 3.8) is 0 Å². The molecule has 0 amide bonds. The summed E-state index contributed by atoms with van der Waals surface area (Å²) in [6, 6.07) is 5.81. The van der Waals surface area contributed by atoms with E-state index in [9.17, 15) is 9.18 Å². The van der Waals surface area contributed by atoms with E-state index in [-0.39, 0.29) is 11.6 Å². The molecule has 1 heterocycles. The van der Waals surface area contributed by atoms with Crippen LogP contribution in [-0.2, 0) is 0 Å². The zero-order valence-electron chi connectivity index (χ0n) is 10.4. The summed E-state index contributed by atoms with van der Waals surface area (Å²) in [5.41, 5.74) is 0.616. The number of Topliss-reactive ketones (excluding diaryl/α,β-unsaturated/α-hetero) is 1. The summed E-state index contributed by atoms with van der Waals surface area (Å²) < 4.78 is 12.7. The van der Waals surface area contributed by atoms with Gasteiger partial charge in [-0.15, -0.1) is 0 Å². The number of hydrogen-bond donors (Lipinski definition) is 0. The maximum atomic E-state index is 12.7. The van der Waals surface area contributed by atoms with Crippen molar-refractivity contribution in [1.82, 2.24) is 4.90 Å². The standard InChI is InChI=1S/C14H18FNOS/c15-13-5-3-12(4-6-13)14(17)2-1-7-16-8-10-18-11-9-16/h3-6H,1-2,7-11H2. The number of ketones is 1.